The van der Waals surface area contributed by atoms with Crippen LogP contribution in [0.4, 0.5) is 5.69 Å². The van der Waals surface area contributed by atoms with Gasteiger partial charge < -0.3 is 20.7 Å². The lowest BCUT2D eigenvalue weighted by Crippen LogP contribution is -2.54. The molecule has 0 spiro atoms. The van der Waals surface area contributed by atoms with E-state index in [1.165, 1.54) is 0 Å². The fourth-order valence-corrected chi connectivity index (χ4v) is 3.61. The van der Waals surface area contributed by atoms with Crippen LogP contribution >= 0.6 is 0 Å². The number of benzene rings is 1. The van der Waals surface area contributed by atoms with E-state index in [2.05, 4.69) is 19.2 Å². The van der Waals surface area contributed by atoms with Gasteiger partial charge in [0.25, 0.3) is 0 Å². The van der Waals surface area contributed by atoms with Crippen LogP contribution in [0.2, 0.25) is 0 Å². The molecule has 0 saturated carbocycles. The van der Waals surface area contributed by atoms with Crippen molar-refractivity contribution in [2.45, 2.75) is 46.1 Å². The monoisotopic (exact) mass is 361 g/mol. The Morgan fingerprint density at radius 1 is 1.46 bits per heavy atom. The molecule has 1 aliphatic rings. The molecule has 1 fully saturated rings. The van der Waals surface area contributed by atoms with Crippen LogP contribution in [-0.4, -0.2) is 37.6 Å². The molecule has 2 atom stereocenters. The molecule has 1 aromatic carbocycles. The second-order valence-electron chi connectivity index (χ2n) is 7.93. The first-order valence-electron chi connectivity index (χ1n) is 9.16. The van der Waals surface area contributed by atoms with Gasteiger partial charge in [0.15, 0.2) is 0 Å². The molecule has 26 heavy (non-hydrogen) atoms. The van der Waals surface area contributed by atoms with Gasteiger partial charge in [0, 0.05) is 25.0 Å². The lowest BCUT2D eigenvalue weighted by atomic mass is 9.90. The van der Waals surface area contributed by atoms with Gasteiger partial charge in [-0.15, -0.1) is 0 Å². The van der Waals surface area contributed by atoms with E-state index in [1.807, 2.05) is 32.0 Å². The normalized spacial score (nSPS) is 19.6. The minimum atomic E-state index is -0.456. The van der Waals surface area contributed by atoms with E-state index in [0.29, 0.717) is 24.8 Å². The summed E-state index contributed by atoms with van der Waals surface area (Å²) in [6.07, 6.45) is 0.997. The van der Waals surface area contributed by atoms with Crippen molar-refractivity contribution in [3.8, 4) is 5.75 Å². The average Bonchev–Trinajstić information content (AvgIpc) is 2.96. The van der Waals surface area contributed by atoms with Crippen molar-refractivity contribution in [2.24, 2.45) is 17.6 Å². The molecule has 6 heteroatoms. The molecule has 2 unspecified atom stereocenters. The van der Waals surface area contributed by atoms with Gasteiger partial charge in [0.1, 0.15) is 5.75 Å². The van der Waals surface area contributed by atoms with E-state index in [1.54, 1.807) is 12.0 Å². The van der Waals surface area contributed by atoms with Crippen molar-refractivity contribution in [1.82, 2.24) is 5.32 Å². The molecule has 6 nitrogen and oxygen atoms in total. The Hall–Kier alpha value is -2.08. The molecule has 1 aliphatic heterocycles. The zero-order valence-electron chi connectivity index (χ0n) is 16.5. The lowest BCUT2D eigenvalue weighted by molar-refractivity contribution is -0.128. The van der Waals surface area contributed by atoms with E-state index >= 15 is 0 Å². The highest BCUT2D eigenvalue weighted by atomic mass is 16.5. The number of ether oxygens (including phenoxy) is 1. The molecule has 0 radical (unpaired) electrons. The van der Waals surface area contributed by atoms with E-state index in [0.717, 1.165) is 17.7 Å². The molecule has 0 aromatic heterocycles. The minimum absolute atomic E-state index is 0.0626. The van der Waals surface area contributed by atoms with Crippen molar-refractivity contribution in [3.05, 3.63) is 23.8 Å². The maximum absolute atomic E-state index is 12.8. The molecule has 1 heterocycles. The molecule has 1 aromatic rings. The molecule has 0 aliphatic carbocycles. The molecular formula is C20H31N3O3. The molecule has 0 bridgehead atoms. The Morgan fingerprint density at radius 3 is 2.73 bits per heavy atom. The molecule has 2 amide bonds. The highest BCUT2D eigenvalue weighted by molar-refractivity contribution is 6.01. The topological polar surface area (TPSA) is 84.7 Å². The average molecular weight is 361 g/mol. The van der Waals surface area contributed by atoms with Crippen molar-refractivity contribution >= 4 is 17.5 Å². The second kappa shape index (κ2) is 8.08. The molecule has 1 saturated heterocycles. The molecule has 3 N–H and O–H groups in total. The Kier molecular flexibility index (Phi) is 6.29. The third-order valence-electron chi connectivity index (χ3n) is 4.86. The summed E-state index contributed by atoms with van der Waals surface area (Å²) in [5.41, 5.74) is 7.19. The third kappa shape index (κ3) is 4.55. The van der Waals surface area contributed by atoms with Gasteiger partial charge in [-0.3, -0.25) is 9.59 Å². The van der Waals surface area contributed by atoms with Crippen LogP contribution in [0.5, 0.6) is 5.75 Å². The number of hydrogen-bond acceptors (Lipinski definition) is 4. The van der Waals surface area contributed by atoms with Gasteiger partial charge in [-0.2, -0.15) is 0 Å². The van der Waals surface area contributed by atoms with Crippen LogP contribution in [0, 0.1) is 18.8 Å². The number of carbonyl (C=O) groups excluding carboxylic acids is 2. The number of anilines is 1. The number of nitrogens with zero attached hydrogens (tertiary/aromatic N) is 1. The largest absolute Gasteiger partial charge is 0.495 e. The summed E-state index contributed by atoms with van der Waals surface area (Å²) in [7, 11) is 1.58. The van der Waals surface area contributed by atoms with Crippen LogP contribution in [0.1, 0.15) is 39.2 Å². The summed E-state index contributed by atoms with van der Waals surface area (Å²) >= 11 is 0. The summed E-state index contributed by atoms with van der Waals surface area (Å²) in [5, 5.41) is 3.07. The first-order valence-corrected chi connectivity index (χ1v) is 9.16. The lowest BCUT2D eigenvalue weighted by Gasteiger charge is -2.32. The zero-order chi connectivity index (χ0) is 19.5. The maximum Gasteiger partial charge on any atom is 0.227 e. The highest BCUT2D eigenvalue weighted by Crippen LogP contribution is 2.34. The second-order valence-corrected chi connectivity index (χ2v) is 7.93. The summed E-state index contributed by atoms with van der Waals surface area (Å²) in [6.45, 7) is 8.85. The van der Waals surface area contributed by atoms with Crippen molar-refractivity contribution in [3.63, 3.8) is 0 Å². The zero-order valence-corrected chi connectivity index (χ0v) is 16.5. The van der Waals surface area contributed by atoms with Crippen molar-refractivity contribution < 1.29 is 14.3 Å². The van der Waals surface area contributed by atoms with Crippen LogP contribution < -0.4 is 20.7 Å². The van der Waals surface area contributed by atoms with Gasteiger partial charge in [-0.1, -0.05) is 19.9 Å². The maximum atomic E-state index is 12.8. The van der Waals surface area contributed by atoms with Crippen molar-refractivity contribution in [1.29, 1.82) is 0 Å². The van der Waals surface area contributed by atoms with E-state index in [9.17, 15) is 9.59 Å². The Balaban J connectivity index is 2.14. The van der Waals surface area contributed by atoms with Gasteiger partial charge in [-0.25, -0.2) is 0 Å². The summed E-state index contributed by atoms with van der Waals surface area (Å²) < 4.78 is 5.39. The SMILES string of the molecule is COc1ccc(C)cc1N1CC(C(=O)NC(C)(CN)CC(C)C)CC1=O. The number of rotatable bonds is 7. The number of amides is 2. The highest BCUT2D eigenvalue weighted by Gasteiger charge is 2.38. The molecular weight excluding hydrogens is 330 g/mol. The number of aryl methyl sites for hydroxylation is 1. The van der Waals surface area contributed by atoms with Gasteiger partial charge in [-0.05, 0) is 43.9 Å². The molecule has 144 valence electrons. The Morgan fingerprint density at radius 2 is 2.15 bits per heavy atom. The van der Waals surface area contributed by atoms with Crippen molar-refractivity contribution in [2.75, 3.05) is 25.1 Å². The minimum Gasteiger partial charge on any atom is -0.495 e. The van der Waals surface area contributed by atoms with Crippen LogP contribution in [-0.2, 0) is 9.59 Å². The van der Waals surface area contributed by atoms with E-state index in [4.69, 9.17) is 10.5 Å². The standard InChI is InChI=1S/C20H31N3O3/c1-13(2)10-20(4,12-21)22-19(25)15-9-18(24)23(11-15)16-8-14(3)6-7-17(16)26-5/h6-8,13,15H,9-12,21H2,1-5H3,(H,22,25). The number of nitrogens with one attached hydrogen (secondary N) is 1. The molecule has 2 rings (SSSR count). The van der Waals surface area contributed by atoms with Crippen LogP contribution in [0.15, 0.2) is 18.2 Å². The predicted octanol–water partition coefficient (Wildman–Crippen LogP) is 2.24. The fraction of sp³-hybridized carbons (Fsp3) is 0.600. The number of nitrogens with two attached hydrogens (primary N) is 1. The van der Waals surface area contributed by atoms with E-state index in [-0.39, 0.29) is 24.2 Å². The van der Waals surface area contributed by atoms with Gasteiger partial charge >= 0.3 is 0 Å². The quantitative estimate of drug-likeness (QED) is 0.780. The summed E-state index contributed by atoms with van der Waals surface area (Å²) in [6, 6.07) is 5.70. The third-order valence-corrected chi connectivity index (χ3v) is 4.86. The van der Waals surface area contributed by atoms with E-state index < -0.39 is 5.54 Å². The van der Waals surface area contributed by atoms with Crippen LogP contribution in [0.25, 0.3) is 0 Å². The smallest absolute Gasteiger partial charge is 0.227 e. The number of methoxy groups -OCH3 is 1. The number of carbonyl (C=O) groups is 2. The Labute approximate surface area is 156 Å². The predicted molar refractivity (Wildman–Crippen MR) is 103 cm³/mol. The number of hydrogen-bond donors (Lipinski definition) is 2. The van der Waals surface area contributed by atoms with Gasteiger partial charge in [0.2, 0.25) is 11.8 Å². The first kappa shape index (κ1) is 20.2. The summed E-state index contributed by atoms with van der Waals surface area (Å²) in [4.78, 5) is 27.0. The van der Waals surface area contributed by atoms with Gasteiger partial charge in [0.05, 0.1) is 18.7 Å². The fourth-order valence-electron chi connectivity index (χ4n) is 3.61. The Bertz CT molecular complexity index is 674. The van der Waals surface area contributed by atoms with Crippen LogP contribution in [0.3, 0.4) is 0 Å². The summed E-state index contributed by atoms with van der Waals surface area (Å²) in [5.74, 6) is 0.498. The first-order chi connectivity index (χ1) is 12.2.